The molecule has 6 heteroatoms. The fourth-order valence-corrected chi connectivity index (χ4v) is 3.11. The van der Waals surface area contributed by atoms with Gasteiger partial charge >= 0.3 is 0 Å². The Kier molecular flexibility index (Phi) is 5.41. The second-order valence-electron chi connectivity index (χ2n) is 9.29. The highest BCUT2D eigenvalue weighted by atomic mass is 16.3. The van der Waals surface area contributed by atoms with Gasteiger partial charge in [-0.1, -0.05) is 53.7 Å². The maximum absolute atomic E-state index is 12.7. The Hall–Kier alpha value is -2.37. The fourth-order valence-electron chi connectivity index (χ4n) is 3.11. The van der Waals surface area contributed by atoms with Gasteiger partial charge in [0.1, 0.15) is 5.75 Å². The molecule has 0 radical (unpaired) electrons. The number of hydrazine groups is 1. The molecule has 1 saturated heterocycles. The zero-order valence-corrected chi connectivity index (χ0v) is 17.3. The van der Waals surface area contributed by atoms with E-state index in [0.717, 1.165) is 21.7 Å². The maximum atomic E-state index is 12.7. The van der Waals surface area contributed by atoms with Crippen molar-refractivity contribution in [1.82, 2.24) is 10.4 Å². The van der Waals surface area contributed by atoms with Crippen molar-refractivity contribution in [2.24, 2.45) is 0 Å². The van der Waals surface area contributed by atoms with Crippen LogP contribution in [0.1, 0.15) is 83.9 Å². The van der Waals surface area contributed by atoms with Gasteiger partial charge in [-0.15, -0.1) is 0 Å². The third kappa shape index (κ3) is 4.31. The van der Waals surface area contributed by atoms with Crippen LogP contribution in [0.4, 0.5) is 0 Å². The van der Waals surface area contributed by atoms with E-state index in [4.69, 9.17) is 0 Å². The van der Waals surface area contributed by atoms with Gasteiger partial charge in [-0.25, -0.2) is 0 Å². The summed E-state index contributed by atoms with van der Waals surface area (Å²) in [5, 5.41) is 11.6. The zero-order valence-electron chi connectivity index (χ0n) is 17.3. The Balaban J connectivity index is 2.43. The lowest BCUT2D eigenvalue weighted by molar-refractivity contribution is -0.148. The monoisotopic (exact) mass is 374 g/mol. The number of phenols is 1. The summed E-state index contributed by atoms with van der Waals surface area (Å²) >= 11 is 0. The van der Waals surface area contributed by atoms with Crippen LogP contribution in [0.3, 0.4) is 0 Å². The summed E-state index contributed by atoms with van der Waals surface area (Å²) in [6, 6.07) is 3.67. The third-order valence-electron chi connectivity index (χ3n) is 4.92. The summed E-state index contributed by atoms with van der Waals surface area (Å²) in [5.41, 5.74) is 4.08. The van der Waals surface area contributed by atoms with Crippen LogP contribution in [0.15, 0.2) is 12.1 Å². The van der Waals surface area contributed by atoms with Gasteiger partial charge < -0.3 is 5.11 Å². The highest BCUT2D eigenvalue weighted by Crippen LogP contribution is 2.41. The number of hydrogen-bond acceptors (Lipinski definition) is 4. The molecule has 1 aliphatic heterocycles. The summed E-state index contributed by atoms with van der Waals surface area (Å²) < 4.78 is 0. The molecular formula is C21H30N2O4. The van der Waals surface area contributed by atoms with Crippen molar-refractivity contribution in [2.45, 2.75) is 78.1 Å². The van der Waals surface area contributed by atoms with Crippen LogP contribution < -0.4 is 5.43 Å². The van der Waals surface area contributed by atoms with Crippen LogP contribution >= 0.6 is 0 Å². The Morgan fingerprint density at radius 2 is 1.41 bits per heavy atom. The zero-order chi connectivity index (χ0) is 20.7. The van der Waals surface area contributed by atoms with Crippen molar-refractivity contribution in [3.63, 3.8) is 0 Å². The molecule has 2 N–H and O–H groups in total. The number of aromatic hydroxyl groups is 1. The number of rotatable bonds is 3. The summed E-state index contributed by atoms with van der Waals surface area (Å²) in [4.78, 5) is 36.2. The van der Waals surface area contributed by atoms with Crippen LogP contribution in [-0.2, 0) is 25.2 Å². The van der Waals surface area contributed by atoms with Gasteiger partial charge in [0, 0.05) is 12.8 Å². The van der Waals surface area contributed by atoms with Crippen LogP contribution in [-0.4, -0.2) is 27.8 Å². The number of hydrogen-bond donors (Lipinski definition) is 2. The molecule has 1 aromatic carbocycles. The molecule has 1 atom stereocenters. The predicted molar refractivity (Wildman–Crippen MR) is 103 cm³/mol. The number of phenolic OH excluding ortho intramolecular Hbond substituents is 1. The highest BCUT2D eigenvalue weighted by molar-refractivity contribution is 6.03. The molecule has 3 amide bonds. The second kappa shape index (κ2) is 6.98. The molecule has 1 unspecified atom stereocenters. The quantitative estimate of drug-likeness (QED) is 0.795. The fraction of sp³-hybridized carbons (Fsp3) is 0.571. The van der Waals surface area contributed by atoms with Gasteiger partial charge in [-0.2, -0.15) is 5.01 Å². The lowest BCUT2D eigenvalue weighted by atomic mass is 9.77. The number of carbonyl (C=O) groups excluding carboxylic acids is 3. The van der Waals surface area contributed by atoms with Gasteiger partial charge in [-0.05, 0) is 34.4 Å². The van der Waals surface area contributed by atoms with E-state index in [1.165, 1.54) is 0 Å². The lowest BCUT2D eigenvalue weighted by Gasteiger charge is -2.29. The minimum Gasteiger partial charge on any atom is -0.507 e. The van der Waals surface area contributed by atoms with Crippen LogP contribution in [0, 0.1) is 0 Å². The second-order valence-corrected chi connectivity index (χ2v) is 9.29. The number of benzene rings is 1. The van der Waals surface area contributed by atoms with E-state index in [2.05, 4.69) is 5.43 Å². The smallest absolute Gasteiger partial charge is 0.248 e. The van der Waals surface area contributed by atoms with E-state index >= 15 is 0 Å². The third-order valence-corrected chi connectivity index (χ3v) is 4.92. The molecule has 0 bridgehead atoms. The molecule has 1 heterocycles. The predicted octanol–water partition coefficient (Wildman–Crippen LogP) is 3.27. The largest absolute Gasteiger partial charge is 0.507 e. The summed E-state index contributed by atoms with van der Waals surface area (Å²) in [5.74, 6) is -1.55. The Bertz CT molecular complexity index is 733. The van der Waals surface area contributed by atoms with Crippen molar-refractivity contribution in [3.05, 3.63) is 28.8 Å². The van der Waals surface area contributed by atoms with E-state index in [9.17, 15) is 19.5 Å². The maximum Gasteiger partial charge on any atom is 0.248 e. The number of amides is 3. The van der Waals surface area contributed by atoms with Crippen molar-refractivity contribution >= 4 is 17.7 Å². The molecule has 0 aromatic heterocycles. The molecule has 148 valence electrons. The Morgan fingerprint density at radius 3 is 1.78 bits per heavy atom. The van der Waals surface area contributed by atoms with E-state index < -0.39 is 23.6 Å². The van der Waals surface area contributed by atoms with Crippen molar-refractivity contribution in [1.29, 1.82) is 0 Å². The molecule has 1 aliphatic rings. The van der Waals surface area contributed by atoms with Crippen LogP contribution in [0.25, 0.3) is 0 Å². The SMILES string of the molecule is CC(C(=O)NN1C(=O)CCC1=O)c1cc(C(C)(C)C)c(O)c(C(C)(C)C)c1. The van der Waals surface area contributed by atoms with Gasteiger partial charge in [0.15, 0.2) is 0 Å². The average molecular weight is 374 g/mol. The molecule has 1 aromatic rings. The standard InChI is InChI=1S/C21H30N2O4/c1-12(19(27)22-23-16(24)8-9-17(23)25)13-10-14(20(2,3)4)18(26)15(11-13)21(5,6)7/h10-12,26H,8-9H2,1-7H3,(H,22,27). The van der Waals surface area contributed by atoms with E-state index in [1.54, 1.807) is 6.92 Å². The van der Waals surface area contributed by atoms with Gasteiger partial charge in [0.05, 0.1) is 5.92 Å². The average Bonchev–Trinajstić information content (AvgIpc) is 2.84. The molecule has 6 nitrogen and oxygen atoms in total. The summed E-state index contributed by atoms with van der Waals surface area (Å²) in [6.07, 6.45) is 0.240. The van der Waals surface area contributed by atoms with Gasteiger partial charge in [0.25, 0.3) is 0 Å². The van der Waals surface area contributed by atoms with Crippen LogP contribution in [0.5, 0.6) is 5.75 Å². The number of imide groups is 1. The summed E-state index contributed by atoms with van der Waals surface area (Å²) in [7, 11) is 0. The highest BCUT2D eigenvalue weighted by Gasteiger charge is 2.33. The molecule has 1 fully saturated rings. The van der Waals surface area contributed by atoms with Crippen molar-refractivity contribution in [2.75, 3.05) is 0 Å². The topological polar surface area (TPSA) is 86.7 Å². The first kappa shape index (κ1) is 20.9. The van der Waals surface area contributed by atoms with Crippen LogP contribution in [0.2, 0.25) is 0 Å². The number of carbonyl (C=O) groups is 3. The van der Waals surface area contributed by atoms with Gasteiger partial charge in [0.2, 0.25) is 17.7 Å². The Labute approximate surface area is 160 Å². The summed E-state index contributed by atoms with van der Waals surface area (Å²) in [6.45, 7) is 13.8. The first-order valence-corrected chi connectivity index (χ1v) is 9.27. The molecular weight excluding hydrogens is 344 g/mol. The van der Waals surface area contributed by atoms with E-state index in [-0.39, 0.29) is 29.4 Å². The van der Waals surface area contributed by atoms with E-state index in [0.29, 0.717) is 0 Å². The van der Waals surface area contributed by atoms with E-state index in [1.807, 2.05) is 53.7 Å². The Morgan fingerprint density at radius 1 is 1.00 bits per heavy atom. The number of nitrogens with zero attached hydrogens (tertiary/aromatic N) is 1. The molecule has 0 spiro atoms. The van der Waals surface area contributed by atoms with Crippen molar-refractivity contribution in [3.8, 4) is 5.75 Å². The first-order chi connectivity index (χ1) is 12.2. The minimum atomic E-state index is -0.589. The molecule has 0 aliphatic carbocycles. The molecule has 0 saturated carbocycles. The molecule has 2 rings (SSSR count). The first-order valence-electron chi connectivity index (χ1n) is 9.27. The molecule has 27 heavy (non-hydrogen) atoms. The normalized spacial score (nSPS) is 16.6. The number of nitrogens with one attached hydrogen (secondary N) is 1. The minimum absolute atomic E-state index is 0.120. The van der Waals surface area contributed by atoms with Crippen molar-refractivity contribution < 1.29 is 19.5 Å². The van der Waals surface area contributed by atoms with Gasteiger partial charge in [-0.3, -0.25) is 19.8 Å². The lowest BCUT2D eigenvalue weighted by Crippen LogP contribution is -2.47.